The van der Waals surface area contributed by atoms with E-state index < -0.39 is 18.6 Å². The smallest absolute Gasteiger partial charge is 0.323 e. The van der Waals surface area contributed by atoms with Crippen molar-refractivity contribution in [2.75, 3.05) is 6.61 Å². The van der Waals surface area contributed by atoms with Gasteiger partial charge in [0.2, 0.25) is 0 Å². The zero-order valence-electron chi connectivity index (χ0n) is 8.89. The highest BCUT2D eigenvalue weighted by Gasteiger charge is 2.14. The first-order valence-corrected chi connectivity index (χ1v) is 4.95. The summed E-state index contributed by atoms with van der Waals surface area (Å²) in [5, 5.41) is 20.2. The fraction of sp³-hybridized carbons (Fsp3) is 0.250. The number of rotatable bonds is 6. The monoisotopic (exact) mass is 221 g/mol. The van der Waals surface area contributed by atoms with E-state index in [9.17, 15) is 4.79 Å². The minimum Gasteiger partial charge on any atom is -0.480 e. The van der Waals surface area contributed by atoms with Gasteiger partial charge in [0.25, 0.3) is 0 Å². The van der Waals surface area contributed by atoms with Gasteiger partial charge in [-0.15, -0.1) is 0 Å². The topological polar surface area (TPSA) is 69.6 Å². The number of carboxylic acid groups (broad SMARTS) is 1. The molecule has 0 aliphatic carbocycles. The maximum Gasteiger partial charge on any atom is 0.323 e. The Morgan fingerprint density at radius 2 is 2.06 bits per heavy atom. The molecule has 86 valence electrons. The van der Waals surface area contributed by atoms with Crippen LogP contribution in [0.5, 0.6) is 0 Å². The number of aliphatic hydroxyl groups excluding tert-OH is 1. The number of hydrogen-bond donors (Lipinski definition) is 3. The van der Waals surface area contributed by atoms with E-state index in [0.717, 1.165) is 11.1 Å². The Balaban J connectivity index is 2.53. The standard InChI is InChI=1S/C12H15NO3/c1-2-9-3-5-10(6-4-9)7-13-11(8-14)12(15)16/h2-6,11,13-14H,1,7-8H2,(H,15,16). The van der Waals surface area contributed by atoms with Gasteiger partial charge in [0.05, 0.1) is 6.61 Å². The zero-order valence-corrected chi connectivity index (χ0v) is 8.89. The van der Waals surface area contributed by atoms with Crippen molar-refractivity contribution in [3.8, 4) is 0 Å². The zero-order chi connectivity index (χ0) is 12.0. The van der Waals surface area contributed by atoms with Crippen molar-refractivity contribution in [1.82, 2.24) is 5.32 Å². The summed E-state index contributed by atoms with van der Waals surface area (Å²) in [7, 11) is 0. The summed E-state index contributed by atoms with van der Waals surface area (Å²) in [5.41, 5.74) is 1.98. The maximum atomic E-state index is 10.6. The van der Waals surface area contributed by atoms with Crippen LogP contribution in [-0.2, 0) is 11.3 Å². The average molecular weight is 221 g/mol. The van der Waals surface area contributed by atoms with Gasteiger partial charge in [-0.05, 0) is 11.1 Å². The van der Waals surface area contributed by atoms with Crippen molar-refractivity contribution in [2.24, 2.45) is 0 Å². The van der Waals surface area contributed by atoms with Crippen LogP contribution in [0.25, 0.3) is 6.08 Å². The van der Waals surface area contributed by atoms with Gasteiger partial charge < -0.3 is 10.2 Å². The third-order valence-corrected chi connectivity index (χ3v) is 2.25. The van der Waals surface area contributed by atoms with E-state index in [1.165, 1.54) is 0 Å². The van der Waals surface area contributed by atoms with Crippen LogP contribution in [0.4, 0.5) is 0 Å². The van der Waals surface area contributed by atoms with Gasteiger partial charge in [0.1, 0.15) is 6.04 Å². The van der Waals surface area contributed by atoms with E-state index in [1.54, 1.807) is 6.08 Å². The van der Waals surface area contributed by atoms with Crippen LogP contribution >= 0.6 is 0 Å². The second-order valence-electron chi connectivity index (χ2n) is 3.40. The number of carbonyl (C=O) groups is 1. The van der Waals surface area contributed by atoms with Crippen LogP contribution in [0.15, 0.2) is 30.8 Å². The molecule has 0 heterocycles. The molecule has 1 unspecified atom stereocenters. The third kappa shape index (κ3) is 3.49. The molecular weight excluding hydrogens is 206 g/mol. The Labute approximate surface area is 94.2 Å². The predicted molar refractivity (Wildman–Crippen MR) is 61.9 cm³/mol. The SMILES string of the molecule is C=Cc1ccc(CNC(CO)C(=O)O)cc1. The molecule has 1 rings (SSSR count). The van der Waals surface area contributed by atoms with Crippen LogP contribution in [-0.4, -0.2) is 28.8 Å². The molecule has 0 saturated carbocycles. The molecule has 1 aromatic rings. The van der Waals surface area contributed by atoms with Crippen LogP contribution in [0.3, 0.4) is 0 Å². The number of nitrogens with one attached hydrogen (secondary N) is 1. The molecule has 3 N–H and O–H groups in total. The number of benzene rings is 1. The summed E-state index contributed by atoms with van der Waals surface area (Å²) in [4.78, 5) is 10.6. The van der Waals surface area contributed by atoms with Crippen molar-refractivity contribution in [3.63, 3.8) is 0 Å². The summed E-state index contributed by atoms with van der Waals surface area (Å²) < 4.78 is 0. The number of aliphatic hydroxyl groups is 1. The van der Waals surface area contributed by atoms with Crippen molar-refractivity contribution in [1.29, 1.82) is 0 Å². The van der Waals surface area contributed by atoms with Crippen LogP contribution < -0.4 is 5.32 Å². The molecule has 16 heavy (non-hydrogen) atoms. The van der Waals surface area contributed by atoms with E-state index in [-0.39, 0.29) is 0 Å². The van der Waals surface area contributed by atoms with Gasteiger partial charge in [-0.1, -0.05) is 36.9 Å². The van der Waals surface area contributed by atoms with Gasteiger partial charge in [-0.3, -0.25) is 10.1 Å². The highest BCUT2D eigenvalue weighted by molar-refractivity contribution is 5.73. The van der Waals surface area contributed by atoms with Crippen LogP contribution in [0.2, 0.25) is 0 Å². The molecule has 0 aliphatic heterocycles. The normalized spacial score (nSPS) is 12.1. The number of carboxylic acids is 1. The Kier molecular flexibility index (Phi) is 4.69. The first-order valence-electron chi connectivity index (χ1n) is 4.95. The van der Waals surface area contributed by atoms with Gasteiger partial charge in [0, 0.05) is 6.54 Å². The van der Waals surface area contributed by atoms with E-state index in [2.05, 4.69) is 11.9 Å². The minimum absolute atomic E-state index is 0.412. The molecule has 0 bridgehead atoms. The van der Waals surface area contributed by atoms with Crippen molar-refractivity contribution in [2.45, 2.75) is 12.6 Å². The quantitative estimate of drug-likeness (QED) is 0.666. The second kappa shape index (κ2) is 6.05. The Morgan fingerprint density at radius 3 is 2.50 bits per heavy atom. The molecular formula is C12H15NO3. The van der Waals surface area contributed by atoms with E-state index in [1.807, 2.05) is 24.3 Å². The lowest BCUT2D eigenvalue weighted by molar-refractivity contribution is -0.140. The summed E-state index contributed by atoms with van der Waals surface area (Å²) in [6, 6.07) is 6.66. The highest BCUT2D eigenvalue weighted by atomic mass is 16.4. The van der Waals surface area contributed by atoms with E-state index in [4.69, 9.17) is 10.2 Å². The fourth-order valence-corrected chi connectivity index (χ4v) is 1.24. The molecule has 1 atom stereocenters. The summed E-state index contributed by atoms with van der Waals surface area (Å²) in [5.74, 6) is -1.05. The molecule has 0 fully saturated rings. The fourth-order valence-electron chi connectivity index (χ4n) is 1.24. The molecule has 0 aliphatic rings. The molecule has 4 heteroatoms. The molecule has 0 saturated heterocycles. The lowest BCUT2D eigenvalue weighted by Gasteiger charge is -2.11. The minimum atomic E-state index is -1.05. The van der Waals surface area contributed by atoms with Gasteiger partial charge in [0.15, 0.2) is 0 Å². The Morgan fingerprint density at radius 1 is 1.44 bits per heavy atom. The van der Waals surface area contributed by atoms with Gasteiger partial charge >= 0.3 is 5.97 Å². The number of hydrogen-bond acceptors (Lipinski definition) is 3. The van der Waals surface area contributed by atoms with E-state index >= 15 is 0 Å². The molecule has 0 amide bonds. The highest BCUT2D eigenvalue weighted by Crippen LogP contribution is 2.05. The van der Waals surface area contributed by atoms with Gasteiger partial charge in [-0.25, -0.2) is 0 Å². The van der Waals surface area contributed by atoms with Crippen LogP contribution in [0.1, 0.15) is 11.1 Å². The third-order valence-electron chi connectivity index (χ3n) is 2.25. The second-order valence-corrected chi connectivity index (χ2v) is 3.40. The summed E-state index contributed by atoms with van der Waals surface area (Å²) >= 11 is 0. The summed E-state index contributed by atoms with van der Waals surface area (Å²) in [6.07, 6.45) is 1.74. The molecule has 0 spiro atoms. The number of aliphatic carboxylic acids is 1. The first-order chi connectivity index (χ1) is 7.67. The molecule has 0 radical (unpaired) electrons. The van der Waals surface area contributed by atoms with Crippen molar-refractivity contribution >= 4 is 12.0 Å². The summed E-state index contributed by atoms with van der Waals surface area (Å²) in [6.45, 7) is 3.64. The first kappa shape index (κ1) is 12.4. The lowest BCUT2D eigenvalue weighted by atomic mass is 10.1. The Bertz CT molecular complexity index is 359. The largest absolute Gasteiger partial charge is 0.480 e. The lowest BCUT2D eigenvalue weighted by Crippen LogP contribution is -2.39. The molecule has 1 aromatic carbocycles. The average Bonchev–Trinajstić information content (AvgIpc) is 2.30. The Hall–Kier alpha value is -1.65. The van der Waals surface area contributed by atoms with Crippen LogP contribution in [0, 0.1) is 0 Å². The van der Waals surface area contributed by atoms with Crippen molar-refractivity contribution in [3.05, 3.63) is 42.0 Å². The molecule has 4 nitrogen and oxygen atoms in total. The van der Waals surface area contributed by atoms with Gasteiger partial charge in [-0.2, -0.15) is 0 Å². The maximum absolute atomic E-state index is 10.6. The van der Waals surface area contributed by atoms with Crippen molar-refractivity contribution < 1.29 is 15.0 Å². The van der Waals surface area contributed by atoms with E-state index in [0.29, 0.717) is 6.54 Å². The predicted octanol–water partition coefficient (Wildman–Crippen LogP) is 0.865. The molecule has 0 aromatic heterocycles.